The highest BCUT2D eigenvalue weighted by Gasteiger charge is 2.14. The van der Waals surface area contributed by atoms with Crippen molar-refractivity contribution < 1.29 is 13.2 Å². The van der Waals surface area contributed by atoms with Crippen LogP contribution in [0.2, 0.25) is 0 Å². The van der Waals surface area contributed by atoms with E-state index < -0.39 is 10.0 Å². The lowest BCUT2D eigenvalue weighted by atomic mass is 10.2. The lowest BCUT2D eigenvalue weighted by Gasteiger charge is -2.10. The normalized spacial score (nSPS) is 10.7. The summed E-state index contributed by atoms with van der Waals surface area (Å²) in [5.41, 5.74) is 0.698. The summed E-state index contributed by atoms with van der Waals surface area (Å²) >= 11 is 0. The van der Waals surface area contributed by atoms with Gasteiger partial charge in [0.05, 0.1) is 28.8 Å². The molecule has 1 N–H and O–H groups in total. The van der Waals surface area contributed by atoms with Crippen LogP contribution in [-0.4, -0.2) is 15.0 Å². The molecule has 0 fully saturated rings. The molecule has 0 aliphatic carbocycles. The summed E-state index contributed by atoms with van der Waals surface area (Å²) in [6.07, 6.45) is 0. The highest BCUT2D eigenvalue weighted by atomic mass is 32.2. The molecule has 2 aromatic carbocycles. The molecule has 0 unspecified atom stereocenters. The minimum atomic E-state index is -3.73. The van der Waals surface area contributed by atoms with Gasteiger partial charge < -0.3 is 4.74 Å². The van der Waals surface area contributed by atoms with Crippen LogP contribution in [0.5, 0.6) is 5.75 Å². The standard InChI is InChI=1S/C15H14N2O3S/c1-2-20-14-7-4-6-13(10-14)17-21(18,19)15-8-3-5-12(9-15)11-16/h3-10,17H,2H2,1H3. The van der Waals surface area contributed by atoms with Crippen molar-refractivity contribution in [2.45, 2.75) is 11.8 Å². The predicted octanol–water partition coefficient (Wildman–Crippen LogP) is 2.76. The van der Waals surface area contributed by atoms with Crippen molar-refractivity contribution in [3.8, 4) is 11.8 Å². The zero-order valence-electron chi connectivity index (χ0n) is 11.4. The van der Waals surface area contributed by atoms with Crippen LogP contribution in [0.15, 0.2) is 53.4 Å². The number of benzene rings is 2. The second-order valence-corrected chi connectivity index (χ2v) is 5.89. The molecule has 108 valence electrons. The summed E-state index contributed by atoms with van der Waals surface area (Å²) in [5, 5.41) is 8.83. The zero-order valence-corrected chi connectivity index (χ0v) is 12.2. The highest BCUT2D eigenvalue weighted by Crippen LogP contribution is 2.21. The maximum absolute atomic E-state index is 12.3. The molecule has 0 bridgehead atoms. The quantitative estimate of drug-likeness (QED) is 0.921. The number of rotatable bonds is 5. The Morgan fingerprint density at radius 1 is 1.19 bits per heavy atom. The van der Waals surface area contributed by atoms with Gasteiger partial charge in [-0.15, -0.1) is 0 Å². The van der Waals surface area contributed by atoms with Gasteiger partial charge in [-0.05, 0) is 37.3 Å². The van der Waals surface area contributed by atoms with Crippen molar-refractivity contribution >= 4 is 15.7 Å². The number of nitrogens with one attached hydrogen (secondary N) is 1. The first-order valence-electron chi connectivity index (χ1n) is 6.31. The molecule has 0 aliphatic rings. The maximum Gasteiger partial charge on any atom is 0.261 e. The molecule has 0 saturated carbocycles. The molecule has 0 spiro atoms. The van der Waals surface area contributed by atoms with Crippen LogP contribution in [0, 0.1) is 11.3 Å². The van der Waals surface area contributed by atoms with E-state index >= 15 is 0 Å². The molecule has 5 nitrogen and oxygen atoms in total. The monoisotopic (exact) mass is 302 g/mol. The molecule has 0 atom stereocenters. The SMILES string of the molecule is CCOc1cccc(NS(=O)(=O)c2cccc(C#N)c2)c1. The summed E-state index contributed by atoms with van der Waals surface area (Å²) in [7, 11) is -3.73. The van der Waals surface area contributed by atoms with Crippen molar-refractivity contribution in [2.75, 3.05) is 11.3 Å². The molecule has 0 radical (unpaired) electrons. The van der Waals surface area contributed by atoms with E-state index in [4.69, 9.17) is 10.00 Å². The summed E-state index contributed by atoms with van der Waals surface area (Å²) in [4.78, 5) is 0.0448. The summed E-state index contributed by atoms with van der Waals surface area (Å²) in [5.74, 6) is 0.587. The molecule has 0 saturated heterocycles. The lowest BCUT2D eigenvalue weighted by molar-refractivity contribution is 0.340. The fourth-order valence-corrected chi connectivity index (χ4v) is 2.86. The molecule has 2 rings (SSSR count). The van der Waals surface area contributed by atoms with Crippen LogP contribution in [0.25, 0.3) is 0 Å². The van der Waals surface area contributed by atoms with Gasteiger partial charge in [0.15, 0.2) is 0 Å². The fraction of sp³-hybridized carbons (Fsp3) is 0.133. The number of hydrogen-bond acceptors (Lipinski definition) is 4. The van der Waals surface area contributed by atoms with Gasteiger partial charge in [-0.1, -0.05) is 12.1 Å². The fourth-order valence-electron chi connectivity index (χ4n) is 1.76. The summed E-state index contributed by atoms with van der Waals surface area (Å²) in [6, 6.07) is 14.5. The van der Waals surface area contributed by atoms with Gasteiger partial charge in [0.25, 0.3) is 10.0 Å². The van der Waals surface area contributed by atoms with Gasteiger partial charge in [-0.25, -0.2) is 8.42 Å². The number of nitriles is 1. The van der Waals surface area contributed by atoms with E-state index in [1.54, 1.807) is 30.3 Å². The van der Waals surface area contributed by atoms with Crippen molar-refractivity contribution in [1.82, 2.24) is 0 Å². The molecule has 2 aromatic rings. The molecular weight excluding hydrogens is 288 g/mol. The molecule has 0 aromatic heterocycles. The summed E-state index contributed by atoms with van der Waals surface area (Å²) < 4.78 is 32.3. The van der Waals surface area contributed by atoms with E-state index in [2.05, 4.69) is 4.72 Å². The van der Waals surface area contributed by atoms with Crippen LogP contribution < -0.4 is 9.46 Å². The molecule has 6 heteroatoms. The third kappa shape index (κ3) is 3.74. The smallest absolute Gasteiger partial charge is 0.261 e. The first-order chi connectivity index (χ1) is 10.0. The highest BCUT2D eigenvalue weighted by molar-refractivity contribution is 7.92. The van der Waals surface area contributed by atoms with Crippen LogP contribution in [0.1, 0.15) is 12.5 Å². The molecular formula is C15H14N2O3S. The minimum absolute atomic E-state index is 0.0448. The van der Waals surface area contributed by atoms with E-state index in [0.717, 1.165) is 0 Å². The van der Waals surface area contributed by atoms with Gasteiger partial charge >= 0.3 is 0 Å². The predicted molar refractivity (Wildman–Crippen MR) is 79.6 cm³/mol. The second kappa shape index (κ2) is 6.29. The average molecular weight is 302 g/mol. The van der Waals surface area contributed by atoms with Gasteiger partial charge in [0, 0.05) is 6.07 Å². The van der Waals surface area contributed by atoms with Crippen molar-refractivity contribution in [1.29, 1.82) is 5.26 Å². The zero-order chi connectivity index (χ0) is 15.3. The Hall–Kier alpha value is -2.52. The van der Waals surface area contributed by atoms with Crippen molar-refractivity contribution in [3.05, 3.63) is 54.1 Å². The van der Waals surface area contributed by atoms with E-state index in [1.165, 1.54) is 18.2 Å². The largest absolute Gasteiger partial charge is 0.494 e. The van der Waals surface area contributed by atoms with Crippen molar-refractivity contribution in [3.63, 3.8) is 0 Å². The second-order valence-electron chi connectivity index (χ2n) is 4.21. The van der Waals surface area contributed by atoms with E-state index in [9.17, 15) is 8.42 Å². The van der Waals surface area contributed by atoms with Crippen LogP contribution in [0.3, 0.4) is 0 Å². The number of sulfonamides is 1. The molecule has 0 heterocycles. The van der Waals surface area contributed by atoms with Gasteiger partial charge in [-0.3, -0.25) is 4.72 Å². The van der Waals surface area contributed by atoms with Crippen LogP contribution in [0.4, 0.5) is 5.69 Å². The number of hydrogen-bond donors (Lipinski definition) is 1. The summed E-state index contributed by atoms with van der Waals surface area (Å²) in [6.45, 7) is 2.35. The number of ether oxygens (including phenoxy) is 1. The molecule has 21 heavy (non-hydrogen) atoms. The topological polar surface area (TPSA) is 79.2 Å². The third-order valence-electron chi connectivity index (χ3n) is 2.67. The van der Waals surface area contributed by atoms with E-state index in [0.29, 0.717) is 23.6 Å². The van der Waals surface area contributed by atoms with Crippen LogP contribution in [-0.2, 0) is 10.0 Å². The average Bonchev–Trinajstić information content (AvgIpc) is 2.47. The van der Waals surface area contributed by atoms with E-state index in [1.807, 2.05) is 13.0 Å². The van der Waals surface area contributed by atoms with Crippen LogP contribution >= 0.6 is 0 Å². The Kier molecular flexibility index (Phi) is 4.45. The van der Waals surface area contributed by atoms with Gasteiger partial charge in [0.2, 0.25) is 0 Å². The Morgan fingerprint density at radius 3 is 2.67 bits per heavy atom. The Bertz CT molecular complexity index is 780. The van der Waals surface area contributed by atoms with Gasteiger partial charge in [0.1, 0.15) is 5.75 Å². The Morgan fingerprint density at radius 2 is 1.95 bits per heavy atom. The Labute approximate surface area is 123 Å². The lowest BCUT2D eigenvalue weighted by Crippen LogP contribution is -2.13. The van der Waals surface area contributed by atoms with Gasteiger partial charge in [-0.2, -0.15) is 5.26 Å². The molecule has 0 aliphatic heterocycles. The van der Waals surface area contributed by atoms with E-state index in [-0.39, 0.29) is 4.90 Å². The number of anilines is 1. The number of nitrogens with zero attached hydrogens (tertiary/aromatic N) is 1. The molecule has 0 amide bonds. The first-order valence-corrected chi connectivity index (χ1v) is 7.79. The maximum atomic E-state index is 12.3. The van der Waals surface area contributed by atoms with Crippen molar-refractivity contribution in [2.24, 2.45) is 0 Å². The third-order valence-corrected chi connectivity index (χ3v) is 4.05. The minimum Gasteiger partial charge on any atom is -0.494 e. The first kappa shape index (κ1) is 14.9. The Balaban J connectivity index is 2.29.